The van der Waals surface area contributed by atoms with Crippen molar-refractivity contribution >= 4 is 29.0 Å². The number of aromatic nitrogens is 3. The summed E-state index contributed by atoms with van der Waals surface area (Å²) in [4.78, 5) is 11.2. The van der Waals surface area contributed by atoms with Crippen LogP contribution in [-0.4, -0.2) is 14.5 Å². The van der Waals surface area contributed by atoms with Crippen molar-refractivity contribution in [3.8, 4) is 0 Å². The maximum absolute atomic E-state index is 6.45. The van der Waals surface area contributed by atoms with Crippen molar-refractivity contribution in [1.82, 2.24) is 14.5 Å². The lowest BCUT2D eigenvalue weighted by Gasteiger charge is -2.18. The molecule has 140 valence electrons. The normalized spacial score (nSPS) is 16.5. The minimum Gasteiger partial charge on any atom is -0.312 e. The third kappa shape index (κ3) is 3.67. The molecule has 0 aromatic carbocycles. The van der Waals surface area contributed by atoms with Gasteiger partial charge in [0.25, 0.3) is 0 Å². The number of rotatable bonds is 7. The standard InChI is InChI=1S/C21H28ClN3S/c1-6-7-8-12-17-18(13(2)3)23-20(26-17)15-10-9-11-16-19(15)24-21(22)25(16)14(4)5/h6,9,11,13-15H,1,7-8,10,12H2,2-5H3. The molecular formula is C21H28ClN3S. The van der Waals surface area contributed by atoms with Gasteiger partial charge in [-0.3, -0.25) is 0 Å². The van der Waals surface area contributed by atoms with Gasteiger partial charge in [0.1, 0.15) is 5.01 Å². The van der Waals surface area contributed by atoms with Gasteiger partial charge in [-0.2, -0.15) is 0 Å². The molecule has 1 aliphatic rings. The van der Waals surface area contributed by atoms with Crippen LogP contribution in [0.5, 0.6) is 0 Å². The first-order valence-electron chi connectivity index (χ1n) is 9.48. The molecule has 0 N–H and O–H groups in total. The molecule has 0 amide bonds. The van der Waals surface area contributed by atoms with Crippen LogP contribution in [-0.2, 0) is 6.42 Å². The number of allylic oxidation sites excluding steroid dienone is 2. The lowest BCUT2D eigenvalue weighted by atomic mass is 9.95. The number of unbranched alkanes of at least 4 members (excludes halogenated alkanes) is 1. The number of fused-ring (bicyclic) bond motifs is 1. The second kappa shape index (κ2) is 8.10. The van der Waals surface area contributed by atoms with Crippen LogP contribution < -0.4 is 0 Å². The predicted molar refractivity (Wildman–Crippen MR) is 112 cm³/mol. The smallest absolute Gasteiger partial charge is 0.203 e. The first kappa shape index (κ1) is 19.4. The molecule has 0 saturated heterocycles. The average Bonchev–Trinajstić information content (AvgIpc) is 3.15. The van der Waals surface area contributed by atoms with Crippen molar-refractivity contribution in [3.05, 3.63) is 51.0 Å². The molecule has 0 aliphatic heterocycles. The van der Waals surface area contributed by atoms with Crippen LogP contribution in [0.4, 0.5) is 0 Å². The van der Waals surface area contributed by atoms with Crippen molar-refractivity contribution in [2.45, 2.75) is 71.3 Å². The van der Waals surface area contributed by atoms with E-state index in [0.29, 0.717) is 17.2 Å². The van der Waals surface area contributed by atoms with Gasteiger partial charge in [0.2, 0.25) is 5.28 Å². The molecule has 5 heteroatoms. The monoisotopic (exact) mass is 389 g/mol. The molecule has 0 radical (unpaired) electrons. The van der Waals surface area contributed by atoms with Crippen molar-refractivity contribution < 1.29 is 0 Å². The average molecular weight is 390 g/mol. The van der Waals surface area contributed by atoms with Gasteiger partial charge in [0, 0.05) is 10.9 Å². The molecule has 26 heavy (non-hydrogen) atoms. The van der Waals surface area contributed by atoms with E-state index in [1.54, 1.807) is 0 Å². The second-order valence-corrected chi connectivity index (χ2v) is 8.96. The molecule has 0 spiro atoms. The zero-order chi connectivity index (χ0) is 18.8. The minimum absolute atomic E-state index is 0.211. The lowest BCUT2D eigenvalue weighted by molar-refractivity contribution is 0.593. The highest BCUT2D eigenvalue weighted by molar-refractivity contribution is 7.11. The van der Waals surface area contributed by atoms with Crippen LogP contribution in [0.15, 0.2) is 18.7 Å². The Bertz CT molecular complexity index is 814. The fraction of sp³-hybridized carbons (Fsp3) is 0.524. The highest BCUT2D eigenvalue weighted by Crippen LogP contribution is 2.40. The molecule has 0 saturated carbocycles. The summed E-state index contributed by atoms with van der Waals surface area (Å²) < 4.78 is 2.11. The number of nitrogens with zero attached hydrogens (tertiary/aromatic N) is 3. The summed E-state index contributed by atoms with van der Waals surface area (Å²) in [6.07, 6.45) is 10.6. The quantitative estimate of drug-likeness (QED) is 0.387. The highest BCUT2D eigenvalue weighted by atomic mass is 35.5. The van der Waals surface area contributed by atoms with Crippen molar-refractivity contribution in [2.24, 2.45) is 0 Å². The summed E-state index contributed by atoms with van der Waals surface area (Å²) >= 11 is 8.31. The van der Waals surface area contributed by atoms with E-state index in [9.17, 15) is 0 Å². The minimum atomic E-state index is 0.211. The SMILES string of the molecule is C=CCCCc1sc(C2CC=Cc3c2nc(Cl)n3C(C)C)nc1C(C)C. The Kier molecular flexibility index (Phi) is 6.03. The summed E-state index contributed by atoms with van der Waals surface area (Å²) in [5.41, 5.74) is 3.46. The van der Waals surface area contributed by atoms with Crippen molar-refractivity contribution in [2.75, 3.05) is 0 Å². The zero-order valence-electron chi connectivity index (χ0n) is 16.1. The molecule has 1 unspecified atom stereocenters. The van der Waals surface area contributed by atoms with Gasteiger partial charge in [-0.05, 0) is 63.1 Å². The van der Waals surface area contributed by atoms with Gasteiger partial charge in [-0.25, -0.2) is 9.97 Å². The Morgan fingerprint density at radius 3 is 2.77 bits per heavy atom. The number of thiazole rings is 1. The Hall–Kier alpha value is -1.39. The molecule has 1 atom stereocenters. The Morgan fingerprint density at radius 1 is 1.35 bits per heavy atom. The summed E-state index contributed by atoms with van der Waals surface area (Å²) in [6, 6.07) is 0.291. The third-order valence-electron chi connectivity index (χ3n) is 4.83. The third-order valence-corrected chi connectivity index (χ3v) is 6.34. The number of halogens is 1. The van der Waals surface area contributed by atoms with Crippen LogP contribution in [0, 0.1) is 0 Å². The number of hydrogen-bond acceptors (Lipinski definition) is 3. The van der Waals surface area contributed by atoms with Crippen molar-refractivity contribution in [3.63, 3.8) is 0 Å². The second-order valence-electron chi connectivity index (χ2n) is 7.50. The van der Waals surface area contributed by atoms with E-state index in [0.717, 1.165) is 37.1 Å². The van der Waals surface area contributed by atoms with Gasteiger partial charge in [-0.15, -0.1) is 17.9 Å². The molecule has 0 fully saturated rings. The van der Waals surface area contributed by atoms with Crippen molar-refractivity contribution in [1.29, 1.82) is 0 Å². The molecule has 3 rings (SSSR count). The summed E-state index contributed by atoms with van der Waals surface area (Å²) in [7, 11) is 0. The van der Waals surface area contributed by atoms with Gasteiger partial charge in [-0.1, -0.05) is 26.0 Å². The fourth-order valence-electron chi connectivity index (χ4n) is 3.56. The number of hydrogen-bond donors (Lipinski definition) is 0. The van der Waals surface area contributed by atoms with Crippen LogP contribution >= 0.6 is 22.9 Å². The van der Waals surface area contributed by atoms with Gasteiger partial charge in [0.05, 0.1) is 23.0 Å². The summed E-state index contributed by atoms with van der Waals surface area (Å²) in [5, 5.41) is 1.76. The van der Waals surface area contributed by atoms with Gasteiger partial charge in [0.15, 0.2) is 0 Å². The molecular weight excluding hydrogens is 362 g/mol. The molecule has 0 bridgehead atoms. The fourth-order valence-corrected chi connectivity index (χ4v) is 5.32. The predicted octanol–water partition coefficient (Wildman–Crippen LogP) is 6.75. The van der Waals surface area contributed by atoms with E-state index in [1.807, 2.05) is 17.4 Å². The van der Waals surface area contributed by atoms with E-state index in [-0.39, 0.29) is 5.92 Å². The maximum atomic E-state index is 6.45. The Balaban J connectivity index is 1.98. The van der Waals surface area contributed by atoms with Gasteiger partial charge >= 0.3 is 0 Å². The van der Waals surface area contributed by atoms with Crippen LogP contribution in [0.3, 0.4) is 0 Å². The van der Waals surface area contributed by atoms with Gasteiger partial charge < -0.3 is 4.57 Å². The zero-order valence-corrected chi connectivity index (χ0v) is 17.7. The van der Waals surface area contributed by atoms with E-state index in [2.05, 4.69) is 51.0 Å². The summed E-state index contributed by atoms with van der Waals surface area (Å²) in [6.45, 7) is 12.6. The molecule has 2 aromatic rings. The molecule has 3 nitrogen and oxygen atoms in total. The van der Waals surface area contributed by atoms with Crippen LogP contribution in [0.2, 0.25) is 5.28 Å². The largest absolute Gasteiger partial charge is 0.312 e. The highest BCUT2D eigenvalue weighted by Gasteiger charge is 2.29. The van der Waals surface area contributed by atoms with E-state index in [4.69, 9.17) is 21.6 Å². The van der Waals surface area contributed by atoms with Crippen LogP contribution in [0.1, 0.15) is 91.8 Å². The van der Waals surface area contributed by atoms with Crippen LogP contribution in [0.25, 0.3) is 6.08 Å². The molecule has 1 aliphatic carbocycles. The number of aryl methyl sites for hydroxylation is 1. The van der Waals surface area contributed by atoms with E-state index < -0.39 is 0 Å². The number of imidazole rings is 1. The Labute approximate surface area is 165 Å². The first-order valence-corrected chi connectivity index (χ1v) is 10.7. The Morgan fingerprint density at radius 2 is 2.12 bits per heavy atom. The maximum Gasteiger partial charge on any atom is 0.203 e. The topological polar surface area (TPSA) is 30.7 Å². The van der Waals surface area contributed by atoms with E-state index in [1.165, 1.54) is 15.6 Å². The molecule has 2 heterocycles. The first-order chi connectivity index (χ1) is 12.4. The summed E-state index contributed by atoms with van der Waals surface area (Å²) in [5.74, 6) is 0.650. The lowest BCUT2D eigenvalue weighted by Crippen LogP contribution is -2.09. The van der Waals surface area contributed by atoms with E-state index >= 15 is 0 Å². The molecule has 2 aromatic heterocycles.